The summed E-state index contributed by atoms with van der Waals surface area (Å²) in [4.78, 5) is 0. The van der Waals surface area contributed by atoms with E-state index in [0.29, 0.717) is 18.9 Å². The predicted octanol–water partition coefficient (Wildman–Crippen LogP) is 3.13. The van der Waals surface area contributed by atoms with Crippen LogP contribution in [0.15, 0.2) is 42.5 Å². The Labute approximate surface area is 111 Å². The lowest BCUT2D eigenvalue weighted by molar-refractivity contribution is 0.107. The van der Waals surface area contributed by atoms with Gasteiger partial charge in [-0.2, -0.15) is 0 Å². The normalized spacial score (nSPS) is 10.4. The number of rotatable bonds is 5. The zero-order valence-corrected chi connectivity index (χ0v) is 10.7. The standard InChI is InChI=1S/C15H16FNO2/c1-18-15-4-2-3-11(7-15)9-19-10-12-5-13(16)8-14(17)6-12/h2-8H,9-10,17H2,1H3. The number of hydrogen-bond acceptors (Lipinski definition) is 3. The van der Waals surface area contributed by atoms with Crippen molar-refractivity contribution in [3.8, 4) is 5.75 Å². The van der Waals surface area contributed by atoms with Gasteiger partial charge in [-0.05, 0) is 41.5 Å². The fourth-order valence-corrected chi connectivity index (χ4v) is 1.81. The van der Waals surface area contributed by atoms with Crippen LogP contribution < -0.4 is 10.5 Å². The number of nitrogens with two attached hydrogens (primary N) is 1. The number of benzene rings is 2. The average Bonchev–Trinajstić information content (AvgIpc) is 2.38. The van der Waals surface area contributed by atoms with Gasteiger partial charge in [0, 0.05) is 5.69 Å². The molecule has 0 radical (unpaired) electrons. The summed E-state index contributed by atoms with van der Waals surface area (Å²) in [5.74, 6) is 0.441. The molecule has 0 unspecified atom stereocenters. The monoisotopic (exact) mass is 261 g/mol. The van der Waals surface area contributed by atoms with E-state index in [-0.39, 0.29) is 5.82 Å². The summed E-state index contributed by atoms with van der Waals surface area (Å²) >= 11 is 0. The van der Waals surface area contributed by atoms with Gasteiger partial charge in [0.15, 0.2) is 0 Å². The van der Waals surface area contributed by atoms with Crippen LogP contribution in [0, 0.1) is 5.82 Å². The molecule has 100 valence electrons. The van der Waals surface area contributed by atoms with Gasteiger partial charge in [-0.1, -0.05) is 12.1 Å². The van der Waals surface area contributed by atoms with E-state index < -0.39 is 0 Å². The molecule has 0 amide bonds. The lowest BCUT2D eigenvalue weighted by atomic mass is 10.2. The Morgan fingerprint density at radius 2 is 1.84 bits per heavy atom. The summed E-state index contributed by atoms with van der Waals surface area (Å²) in [5.41, 5.74) is 7.70. The number of ether oxygens (including phenoxy) is 2. The van der Waals surface area contributed by atoms with Crippen molar-refractivity contribution >= 4 is 5.69 Å². The first-order chi connectivity index (χ1) is 9.17. The maximum Gasteiger partial charge on any atom is 0.125 e. The topological polar surface area (TPSA) is 44.5 Å². The minimum Gasteiger partial charge on any atom is -0.497 e. The fraction of sp³-hybridized carbons (Fsp3) is 0.200. The third-order valence-corrected chi connectivity index (χ3v) is 2.65. The maximum atomic E-state index is 13.1. The molecule has 0 aliphatic carbocycles. The Bertz CT molecular complexity index is 537. The molecule has 2 aromatic carbocycles. The highest BCUT2D eigenvalue weighted by atomic mass is 19.1. The minimum absolute atomic E-state index is 0.319. The van der Waals surface area contributed by atoms with Gasteiger partial charge >= 0.3 is 0 Å². The Balaban J connectivity index is 1.92. The van der Waals surface area contributed by atoms with Gasteiger partial charge in [-0.3, -0.25) is 0 Å². The van der Waals surface area contributed by atoms with Crippen LogP contribution in [0.2, 0.25) is 0 Å². The van der Waals surface area contributed by atoms with Crippen molar-refractivity contribution in [2.24, 2.45) is 0 Å². The summed E-state index contributed by atoms with van der Waals surface area (Å²) in [6.07, 6.45) is 0. The van der Waals surface area contributed by atoms with E-state index in [1.807, 2.05) is 24.3 Å². The van der Waals surface area contributed by atoms with E-state index in [4.69, 9.17) is 15.2 Å². The molecule has 0 saturated carbocycles. The molecule has 0 fully saturated rings. The second-order valence-corrected chi connectivity index (χ2v) is 4.24. The molecule has 0 aromatic heterocycles. The first-order valence-electron chi connectivity index (χ1n) is 5.93. The number of nitrogen functional groups attached to an aromatic ring is 1. The highest BCUT2D eigenvalue weighted by Crippen LogP contribution is 2.15. The molecule has 2 aromatic rings. The smallest absolute Gasteiger partial charge is 0.125 e. The summed E-state index contributed by atoms with van der Waals surface area (Å²) in [7, 11) is 1.62. The Morgan fingerprint density at radius 1 is 1.05 bits per heavy atom. The van der Waals surface area contributed by atoms with Gasteiger partial charge in [-0.15, -0.1) is 0 Å². The minimum atomic E-state index is -0.347. The van der Waals surface area contributed by atoms with Crippen molar-refractivity contribution in [3.63, 3.8) is 0 Å². The molecule has 0 aliphatic rings. The summed E-state index contributed by atoms with van der Waals surface area (Å²) in [6, 6.07) is 12.0. The van der Waals surface area contributed by atoms with Crippen molar-refractivity contribution in [3.05, 3.63) is 59.4 Å². The number of anilines is 1. The highest BCUT2D eigenvalue weighted by molar-refractivity contribution is 5.41. The lowest BCUT2D eigenvalue weighted by Gasteiger charge is -2.07. The van der Waals surface area contributed by atoms with Crippen molar-refractivity contribution in [2.75, 3.05) is 12.8 Å². The molecule has 0 atom stereocenters. The van der Waals surface area contributed by atoms with E-state index >= 15 is 0 Å². The van der Waals surface area contributed by atoms with Crippen LogP contribution in [-0.2, 0) is 18.0 Å². The molecular formula is C15H16FNO2. The maximum absolute atomic E-state index is 13.1. The van der Waals surface area contributed by atoms with Crippen molar-refractivity contribution in [1.82, 2.24) is 0 Å². The first kappa shape index (κ1) is 13.4. The Hall–Kier alpha value is -2.07. The summed E-state index contributed by atoms with van der Waals surface area (Å²) in [6.45, 7) is 0.757. The third-order valence-electron chi connectivity index (χ3n) is 2.65. The van der Waals surface area contributed by atoms with Gasteiger partial charge in [-0.25, -0.2) is 4.39 Å². The van der Waals surface area contributed by atoms with Crippen LogP contribution >= 0.6 is 0 Å². The van der Waals surface area contributed by atoms with Gasteiger partial charge in [0.1, 0.15) is 11.6 Å². The largest absolute Gasteiger partial charge is 0.497 e. The molecule has 0 bridgehead atoms. The van der Waals surface area contributed by atoms with E-state index in [9.17, 15) is 4.39 Å². The number of methoxy groups -OCH3 is 1. The number of halogens is 1. The van der Waals surface area contributed by atoms with Crippen LogP contribution in [0.5, 0.6) is 5.75 Å². The highest BCUT2D eigenvalue weighted by Gasteiger charge is 2.00. The molecule has 19 heavy (non-hydrogen) atoms. The van der Waals surface area contributed by atoms with Crippen LogP contribution in [-0.4, -0.2) is 7.11 Å². The van der Waals surface area contributed by atoms with Gasteiger partial charge in [0.25, 0.3) is 0 Å². The zero-order valence-electron chi connectivity index (χ0n) is 10.7. The molecule has 3 nitrogen and oxygen atoms in total. The van der Waals surface area contributed by atoms with E-state index in [1.165, 1.54) is 12.1 Å². The predicted molar refractivity (Wildman–Crippen MR) is 72.3 cm³/mol. The third kappa shape index (κ3) is 3.96. The molecule has 2 rings (SSSR count). The van der Waals surface area contributed by atoms with Gasteiger partial charge in [0.2, 0.25) is 0 Å². The van der Waals surface area contributed by atoms with E-state index in [2.05, 4.69) is 0 Å². The van der Waals surface area contributed by atoms with Crippen molar-refractivity contribution < 1.29 is 13.9 Å². The number of hydrogen-bond donors (Lipinski definition) is 1. The summed E-state index contributed by atoms with van der Waals surface area (Å²) < 4.78 is 23.8. The molecule has 0 heterocycles. The molecule has 2 N–H and O–H groups in total. The van der Waals surface area contributed by atoms with Gasteiger partial charge in [0.05, 0.1) is 20.3 Å². The molecule has 4 heteroatoms. The molecule has 0 saturated heterocycles. The Morgan fingerprint density at radius 3 is 2.58 bits per heavy atom. The first-order valence-corrected chi connectivity index (χ1v) is 5.93. The van der Waals surface area contributed by atoms with Crippen molar-refractivity contribution in [2.45, 2.75) is 13.2 Å². The van der Waals surface area contributed by atoms with Gasteiger partial charge < -0.3 is 15.2 Å². The zero-order chi connectivity index (χ0) is 13.7. The van der Waals surface area contributed by atoms with Crippen LogP contribution in [0.1, 0.15) is 11.1 Å². The quantitative estimate of drug-likeness (QED) is 0.841. The van der Waals surface area contributed by atoms with Crippen LogP contribution in [0.3, 0.4) is 0 Å². The second kappa shape index (κ2) is 6.20. The second-order valence-electron chi connectivity index (χ2n) is 4.24. The molecular weight excluding hydrogens is 245 g/mol. The van der Waals surface area contributed by atoms with Crippen molar-refractivity contribution in [1.29, 1.82) is 0 Å². The lowest BCUT2D eigenvalue weighted by Crippen LogP contribution is -1.97. The molecule has 0 aliphatic heterocycles. The average molecular weight is 261 g/mol. The van der Waals surface area contributed by atoms with E-state index in [0.717, 1.165) is 16.9 Å². The van der Waals surface area contributed by atoms with E-state index in [1.54, 1.807) is 13.2 Å². The molecule has 0 spiro atoms. The fourth-order valence-electron chi connectivity index (χ4n) is 1.81. The van der Waals surface area contributed by atoms with Crippen LogP contribution in [0.25, 0.3) is 0 Å². The Kier molecular flexibility index (Phi) is 4.36. The van der Waals surface area contributed by atoms with Crippen LogP contribution in [0.4, 0.5) is 10.1 Å². The SMILES string of the molecule is COc1cccc(COCc2cc(N)cc(F)c2)c1. The summed E-state index contributed by atoms with van der Waals surface area (Å²) in [5, 5.41) is 0.